The third-order valence-corrected chi connectivity index (χ3v) is 3.48. The fraction of sp³-hybridized carbons (Fsp3) is 0.278. The Bertz CT molecular complexity index is 632. The third-order valence-electron chi connectivity index (χ3n) is 3.48. The molecule has 0 aliphatic rings. The zero-order chi connectivity index (χ0) is 15.4. The summed E-state index contributed by atoms with van der Waals surface area (Å²) >= 11 is 0. The normalized spacial score (nSPS) is 12.0. The van der Waals surface area contributed by atoms with E-state index in [0.29, 0.717) is 17.9 Å². The van der Waals surface area contributed by atoms with Gasteiger partial charge in [0.05, 0.1) is 0 Å². The summed E-state index contributed by atoms with van der Waals surface area (Å²) in [5.41, 5.74) is 9.12. The molecule has 0 fully saturated rings. The molecule has 0 saturated carbocycles. The van der Waals surface area contributed by atoms with Gasteiger partial charge in [-0.1, -0.05) is 24.6 Å². The van der Waals surface area contributed by atoms with Crippen molar-refractivity contribution >= 4 is 11.5 Å². The molecule has 2 N–H and O–H groups in total. The van der Waals surface area contributed by atoms with Gasteiger partial charge in [0.2, 0.25) is 5.78 Å². The van der Waals surface area contributed by atoms with Crippen LogP contribution in [0.2, 0.25) is 0 Å². The van der Waals surface area contributed by atoms with Crippen LogP contribution >= 0.6 is 0 Å². The third kappa shape index (κ3) is 3.63. The minimum absolute atomic E-state index is 0.0236. The Morgan fingerprint density at radius 3 is 2.43 bits per heavy atom. The highest BCUT2D eigenvalue weighted by atomic mass is 16.5. The lowest BCUT2D eigenvalue weighted by atomic mass is 9.98. The first-order valence-corrected chi connectivity index (χ1v) is 7.15. The van der Waals surface area contributed by atoms with Crippen LogP contribution in [0.15, 0.2) is 42.5 Å². The SMILES string of the molecule is CCC(Oc1ccc(N)cc1)C(=O)c1cc(C)ccc1C. The van der Waals surface area contributed by atoms with E-state index in [2.05, 4.69) is 0 Å². The largest absolute Gasteiger partial charge is 0.482 e. The molecule has 3 heteroatoms. The van der Waals surface area contributed by atoms with Gasteiger partial charge in [-0.05, 0) is 56.2 Å². The van der Waals surface area contributed by atoms with Crippen molar-refractivity contribution in [3.63, 3.8) is 0 Å². The number of Topliss-reactive ketones (excluding diaryl/α,β-unsaturated/α-hetero) is 1. The number of carbonyl (C=O) groups excluding carboxylic acids is 1. The summed E-state index contributed by atoms with van der Waals surface area (Å²) in [4.78, 5) is 12.7. The molecule has 0 aliphatic heterocycles. The number of carbonyl (C=O) groups is 1. The van der Waals surface area contributed by atoms with Gasteiger partial charge in [-0.25, -0.2) is 0 Å². The van der Waals surface area contributed by atoms with Crippen molar-refractivity contribution in [1.82, 2.24) is 0 Å². The van der Waals surface area contributed by atoms with Gasteiger partial charge < -0.3 is 10.5 Å². The van der Waals surface area contributed by atoms with E-state index in [1.807, 2.05) is 39.0 Å². The van der Waals surface area contributed by atoms with Gasteiger partial charge in [-0.15, -0.1) is 0 Å². The molecule has 0 aromatic heterocycles. The molecular weight excluding hydrogens is 262 g/mol. The molecule has 0 spiro atoms. The lowest BCUT2D eigenvalue weighted by Crippen LogP contribution is -2.27. The van der Waals surface area contributed by atoms with E-state index in [9.17, 15) is 4.79 Å². The second-order valence-electron chi connectivity index (χ2n) is 5.27. The maximum absolute atomic E-state index is 12.7. The van der Waals surface area contributed by atoms with Gasteiger partial charge in [-0.2, -0.15) is 0 Å². The average molecular weight is 283 g/mol. The van der Waals surface area contributed by atoms with Crippen molar-refractivity contribution in [3.8, 4) is 5.75 Å². The number of ketones is 1. The van der Waals surface area contributed by atoms with Gasteiger partial charge >= 0.3 is 0 Å². The standard InChI is InChI=1S/C18H21NO2/c1-4-17(21-15-9-7-14(19)8-10-15)18(20)16-11-12(2)5-6-13(16)3/h5-11,17H,4,19H2,1-3H3. The average Bonchev–Trinajstić information content (AvgIpc) is 2.48. The lowest BCUT2D eigenvalue weighted by Gasteiger charge is -2.18. The van der Waals surface area contributed by atoms with Crippen molar-refractivity contribution in [2.24, 2.45) is 0 Å². The predicted octanol–water partition coefficient (Wildman–Crippen LogP) is 3.93. The van der Waals surface area contributed by atoms with Crippen molar-refractivity contribution < 1.29 is 9.53 Å². The van der Waals surface area contributed by atoms with E-state index in [-0.39, 0.29) is 5.78 Å². The summed E-state index contributed by atoms with van der Waals surface area (Å²) < 4.78 is 5.82. The maximum atomic E-state index is 12.7. The van der Waals surface area contributed by atoms with Crippen LogP contribution in [-0.2, 0) is 0 Å². The quantitative estimate of drug-likeness (QED) is 0.668. The zero-order valence-electron chi connectivity index (χ0n) is 12.7. The smallest absolute Gasteiger partial charge is 0.203 e. The summed E-state index contributed by atoms with van der Waals surface area (Å²) in [5, 5.41) is 0. The Labute approximate surface area is 125 Å². The summed E-state index contributed by atoms with van der Waals surface area (Å²) in [5.74, 6) is 0.685. The highest BCUT2D eigenvalue weighted by Gasteiger charge is 2.21. The van der Waals surface area contributed by atoms with Gasteiger partial charge in [0, 0.05) is 11.3 Å². The summed E-state index contributed by atoms with van der Waals surface area (Å²) in [6, 6.07) is 13.0. The second kappa shape index (κ2) is 6.44. The highest BCUT2D eigenvalue weighted by molar-refractivity contribution is 6.01. The Hall–Kier alpha value is -2.29. The molecule has 1 atom stereocenters. The van der Waals surface area contributed by atoms with Crippen molar-refractivity contribution in [2.75, 3.05) is 5.73 Å². The van der Waals surface area contributed by atoms with Gasteiger partial charge in [0.25, 0.3) is 0 Å². The molecule has 21 heavy (non-hydrogen) atoms. The monoisotopic (exact) mass is 283 g/mol. The minimum atomic E-state index is -0.478. The number of nitrogens with two attached hydrogens (primary N) is 1. The number of nitrogen functional groups attached to an aromatic ring is 1. The van der Waals surface area contributed by atoms with Crippen LogP contribution < -0.4 is 10.5 Å². The second-order valence-corrected chi connectivity index (χ2v) is 5.27. The Kier molecular flexibility index (Phi) is 4.63. The van der Waals surface area contributed by atoms with Crippen molar-refractivity contribution in [2.45, 2.75) is 33.3 Å². The van der Waals surface area contributed by atoms with E-state index in [0.717, 1.165) is 16.7 Å². The Balaban J connectivity index is 2.22. The number of aryl methyl sites for hydroxylation is 2. The molecule has 1 unspecified atom stereocenters. The first kappa shape index (κ1) is 15.1. The molecule has 0 saturated heterocycles. The van der Waals surface area contributed by atoms with Crippen LogP contribution in [-0.4, -0.2) is 11.9 Å². The van der Waals surface area contributed by atoms with Crippen LogP contribution in [0, 0.1) is 13.8 Å². The minimum Gasteiger partial charge on any atom is -0.482 e. The molecule has 110 valence electrons. The number of rotatable bonds is 5. The summed E-state index contributed by atoms with van der Waals surface area (Å²) in [6.07, 6.45) is 0.144. The van der Waals surface area contributed by atoms with Gasteiger partial charge in [0.15, 0.2) is 6.10 Å². The van der Waals surface area contributed by atoms with E-state index < -0.39 is 6.10 Å². The molecule has 2 aromatic rings. The van der Waals surface area contributed by atoms with Crippen LogP contribution in [0.3, 0.4) is 0 Å². The van der Waals surface area contributed by atoms with Gasteiger partial charge in [-0.3, -0.25) is 4.79 Å². The Morgan fingerprint density at radius 2 is 1.81 bits per heavy atom. The number of anilines is 1. The van der Waals surface area contributed by atoms with E-state index >= 15 is 0 Å². The lowest BCUT2D eigenvalue weighted by molar-refractivity contribution is 0.0786. The number of ether oxygens (including phenoxy) is 1. The molecule has 3 nitrogen and oxygen atoms in total. The molecule has 0 bridgehead atoms. The molecule has 0 radical (unpaired) electrons. The maximum Gasteiger partial charge on any atom is 0.203 e. The molecular formula is C18H21NO2. The fourth-order valence-corrected chi connectivity index (χ4v) is 2.21. The zero-order valence-corrected chi connectivity index (χ0v) is 12.7. The summed E-state index contributed by atoms with van der Waals surface area (Å²) in [7, 11) is 0. The molecule has 0 amide bonds. The highest BCUT2D eigenvalue weighted by Crippen LogP contribution is 2.20. The Morgan fingerprint density at radius 1 is 1.14 bits per heavy atom. The van der Waals surface area contributed by atoms with Crippen LogP contribution in [0.25, 0.3) is 0 Å². The van der Waals surface area contributed by atoms with Crippen LogP contribution in [0.5, 0.6) is 5.75 Å². The topological polar surface area (TPSA) is 52.3 Å². The molecule has 2 aromatic carbocycles. The number of hydrogen-bond acceptors (Lipinski definition) is 3. The van der Waals surface area contributed by atoms with Crippen molar-refractivity contribution in [1.29, 1.82) is 0 Å². The van der Waals surface area contributed by atoms with Crippen LogP contribution in [0.1, 0.15) is 34.8 Å². The first-order valence-electron chi connectivity index (χ1n) is 7.15. The summed E-state index contributed by atoms with van der Waals surface area (Å²) in [6.45, 7) is 5.88. The predicted molar refractivity (Wildman–Crippen MR) is 85.8 cm³/mol. The number of benzene rings is 2. The first-order chi connectivity index (χ1) is 10.0. The van der Waals surface area contributed by atoms with E-state index in [4.69, 9.17) is 10.5 Å². The van der Waals surface area contributed by atoms with Crippen LogP contribution in [0.4, 0.5) is 5.69 Å². The van der Waals surface area contributed by atoms with E-state index in [1.54, 1.807) is 24.3 Å². The molecule has 2 rings (SSSR count). The van der Waals surface area contributed by atoms with E-state index in [1.165, 1.54) is 0 Å². The van der Waals surface area contributed by atoms with Crippen molar-refractivity contribution in [3.05, 3.63) is 59.2 Å². The molecule has 0 heterocycles. The number of hydrogen-bond donors (Lipinski definition) is 1. The fourth-order valence-electron chi connectivity index (χ4n) is 2.21. The van der Waals surface area contributed by atoms with Gasteiger partial charge in [0.1, 0.15) is 5.75 Å². The molecule has 0 aliphatic carbocycles.